The molecule has 18 heavy (non-hydrogen) atoms. The minimum atomic E-state index is -0.117. The van der Waals surface area contributed by atoms with E-state index in [1.165, 1.54) is 12.8 Å². The molecule has 0 unspecified atom stereocenters. The van der Waals surface area contributed by atoms with E-state index in [2.05, 4.69) is 29.4 Å². The Kier molecular flexibility index (Phi) is 4.04. The molecule has 0 saturated heterocycles. The Balaban J connectivity index is 1.95. The monoisotopic (exact) mass is 249 g/mol. The Hall–Kier alpha value is -1.32. The summed E-state index contributed by atoms with van der Waals surface area (Å²) in [6.45, 7) is 4.95. The van der Waals surface area contributed by atoms with Crippen molar-refractivity contribution in [1.29, 1.82) is 0 Å². The molecule has 1 aromatic heterocycles. The van der Waals surface area contributed by atoms with E-state index in [1.807, 2.05) is 6.07 Å². The fraction of sp³-hybridized carbons (Fsp3) is 0.714. The van der Waals surface area contributed by atoms with Gasteiger partial charge < -0.3 is 5.32 Å². The van der Waals surface area contributed by atoms with Crippen molar-refractivity contribution < 1.29 is 4.79 Å². The minimum absolute atomic E-state index is 0.117. The van der Waals surface area contributed by atoms with Crippen LogP contribution in [-0.2, 0) is 11.3 Å². The van der Waals surface area contributed by atoms with E-state index in [0.29, 0.717) is 12.5 Å². The van der Waals surface area contributed by atoms with E-state index in [0.717, 1.165) is 25.0 Å². The number of hydrogen-bond acceptors (Lipinski definition) is 2. The molecule has 2 N–H and O–H groups in total. The zero-order valence-corrected chi connectivity index (χ0v) is 11.3. The van der Waals surface area contributed by atoms with E-state index in [9.17, 15) is 4.79 Å². The van der Waals surface area contributed by atoms with Crippen molar-refractivity contribution in [3.05, 3.63) is 18.0 Å². The lowest BCUT2D eigenvalue weighted by Gasteiger charge is -2.29. The highest BCUT2D eigenvalue weighted by Gasteiger charge is 2.41. The molecule has 1 heterocycles. The first kappa shape index (κ1) is 13.1. The molecule has 0 radical (unpaired) electrons. The van der Waals surface area contributed by atoms with E-state index in [4.69, 9.17) is 0 Å². The first-order chi connectivity index (χ1) is 8.62. The van der Waals surface area contributed by atoms with Crippen LogP contribution in [0.2, 0.25) is 0 Å². The average Bonchev–Trinajstić information content (AvgIpc) is 2.96. The smallest absolute Gasteiger partial charge is 0.226 e. The number of rotatable bonds is 5. The molecule has 4 heteroatoms. The third kappa shape index (κ3) is 2.92. The number of nitrogens with one attached hydrogen (secondary N) is 2. The van der Waals surface area contributed by atoms with E-state index in [-0.39, 0.29) is 11.3 Å². The van der Waals surface area contributed by atoms with E-state index < -0.39 is 0 Å². The summed E-state index contributed by atoms with van der Waals surface area (Å²) in [7, 11) is 0. The standard InChI is InChI=1S/C14H23N3O/c1-11(2)9-14(6-3-4-7-14)13(18)15-10-12-5-8-16-17-12/h5,8,11H,3-4,6-7,9-10H2,1-2H3,(H,15,18)(H,16,17). The summed E-state index contributed by atoms with van der Waals surface area (Å²) in [5, 5.41) is 9.82. The molecule has 0 spiro atoms. The Labute approximate surface area is 109 Å². The highest BCUT2D eigenvalue weighted by Crippen LogP contribution is 2.43. The van der Waals surface area contributed by atoms with Gasteiger partial charge in [-0.2, -0.15) is 5.10 Å². The van der Waals surface area contributed by atoms with Crippen molar-refractivity contribution in [3.8, 4) is 0 Å². The van der Waals surface area contributed by atoms with Gasteiger partial charge in [-0.1, -0.05) is 26.7 Å². The van der Waals surface area contributed by atoms with Gasteiger partial charge in [0.1, 0.15) is 0 Å². The molecule has 100 valence electrons. The lowest BCUT2D eigenvalue weighted by Crippen LogP contribution is -2.39. The van der Waals surface area contributed by atoms with Crippen molar-refractivity contribution in [2.75, 3.05) is 0 Å². The normalized spacial score (nSPS) is 18.2. The number of aromatic amines is 1. The van der Waals surface area contributed by atoms with Gasteiger partial charge in [-0.25, -0.2) is 0 Å². The van der Waals surface area contributed by atoms with Gasteiger partial charge in [-0.15, -0.1) is 0 Å². The fourth-order valence-electron chi connectivity index (χ4n) is 3.10. The van der Waals surface area contributed by atoms with Crippen LogP contribution >= 0.6 is 0 Å². The summed E-state index contributed by atoms with van der Waals surface area (Å²) in [5.41, 5.74) is 0.842. The number of hydrogen-bond donors (Lipinski definition) is 2. The maximum atomic E-state index is 12.5. The quantitative estimate of drug-likeness (QED) is 0.842. The number of amides is 1. The van der Waals surface area contributed by atoms with Crippen LogP contribution in [0.5, 0.6) is 0 Å². The minimum Gasteiger partial charge on any atom is -0.350 e. The second-order valence-corrected chi connectivity index (χ2v) is 5.85. The fourth-order valence-corrected chi connectivity index (χ4v) is 3.10. The molecule has 1 saturated carbocycles. The first-order valence-corrected chi connectivity index (χ1v) is 6.89. The van der Waals surface area contributed by atoms with Gasteiger partial charge in [0.2, 0.25) is 5.91 Å². The number of carbonyl (C=O) groups excluding carboxylic acids is 1. The maximum absolute atomic E-state index is 12.5. The topological polar surface area (TPSA) is 57.8 Å². The molecular weight excluding hydrogens is 226 g/mol. The summed E-state index contributed by atoms with van der Waals surface area (Å²) < 4.78 is 0. The van der Waals surface area contributed by atoms with Gasteiger partial charge in [0.05, 0.1) is 12.2 Å². The van der Waals surface area contributed by atoms with Gasteiger partial charge in [-0.05, 0) is 31.2 Å². The van der Waals surface area contributed by atoms with Crippen LogP contribution in [0, 0.1) is 11.3 Å². The molecule has 0 aromatic carbocycles. The first-order valence-electron chi connectivity index (χ1n) is 6.89. The molecule has 0 bridgehead atoms. The van der Waals surface area contributed by atoms with Crippen LogP contribution in [0.4, 0.5) is 0 Å². The molecule has 2 rings (SSSR count). The number of nitrogens with zero attached hydrogens (tertiary/aromatic N) is 1. The Morgan fingerprint density at radius 1 is 1.50 bits per heavy atom. The zero-order chi connectivity index (χ0) is 13.0. The molecular formula is C14H23N3O. The largest absolute Gasteiger partial charge is 0.350 e. The third-order valence-electron chi connectivity index (χ3n) is 3.84. The van der Waals surface area contributed by atoms with Crippen LogP contribution in [0.15, 0.2) is 12.3 Å². The molecule has 1 aliphatic carbocycles. The highest BCUT2D eigenvalue weighted by atomic mass is 16.2. The van der Waals surface area contributed by atoms with Crippen molar-refractivity contribution in [2.45, 2.75) is 52.5 Å². The SMILES string of the molecule is CC(C)CC1(C(=O)NCc2ccn[nH]2)CCCC1. The maximum Gasteiger partial charge on any atom is 0.226 e. The van der Waals surface area contributed by atoms with E-state index in [1.54, 1.807) is 6.20 Å². The average molecular weight is 249 g/mol. The van der Waals surface area contributed by atoms with Crippen LogP contribution in [0.25, 0.3) is 0 Å². The van der Waals surface area contributed by atoms with Gasteiger partial charge in [0.15, 0.2) is 0 Å². The lowest BCUT2D eigenvalue weighted by atomic mass is 9.77. The second kappa shape index (κ2) is 5.55. The summed E-state index contributed by atoms with van der Waals surface area (Å²) in [4.78, 5) is 12.5. The van der Waals surface area contributed by atoms with Gasteiger partial charge in [0, 0.05) is 11.6 Å². The number of aromatic nitrogens is 2. The van der Waals surface area contributed by atoms with Crippen molar-refractivity contribution in [1.82, 2.24) is 15.5 Å². The summed E-state index contributed by atoms with van der Waals surface area (Å²) in [6, 6.07) is 1.89. The van der Waals surface area contributed by atoms with Crippen molar-refractivity contribution in [3.63, 3.8) is 0 Å². The van der Waals surface area contributed by atoms with Crippen LogP contribution in [-0.4, -0.2) is 16.1 Å². The molecule has 0 aliphatic heterocycles. The van der Waals surface area contributed by atoms with Crippen LogP contribution in [0.3, 0.4) is 0 Å². The van der Waals surface area contributed by atoms with Crippen LogP contribution < -0.4 is 5.32 Å². The number of H-pyrrole nitrogens is 1. The van der Waals surface area contributed by atoms with Gasteiger partial charge in [0.25, 0.3) is 0 Å². The third-order valence-corrected chi connectivity index (χ3v) is 3.84. The van der Waals surface area contributed by atoms with Crippen molar-refractivity contribution in [2.24, 2.45) is 11.3 Å². The predicted octanol–water partition coefficient (Wildman–Crippen LogP) is 2.63. The van der Waals surface area contributed by atoms with Crippen LogP contribution in [0.1, 0.15) is 51.6 Å². The molecule has 1 aromatic rings. The molecule has 4 nitrogen and oxygen atoms in total. The molecule has 1 fully saturated rings. The summed E-state index contributed by atoms with van der Waals surface area (Å²) in [5.74, 6) is 0.796. The zero-order valence-electron chi connectivity index (χ0n) is 11.3. The van der Waals surface area contributed by atoms with E-state index >= 15 is 0 Å². The Morgan fingerprint density at radius 2 is 2.22 bits per heavy atom. The van der Waals surface area contributed by atoms with Gasteiger partial charge in [-0.3, -0.25) is 9.89 Å². The van der Waals surface area contributed by atoms with Gasteiger partial charge >= 0.3 is 0 Å². The highest BCUT2D eigenvalue weighted by molar-refractivity contribution is 5.82. The summed E-state index contributed by atoms with van der Waals surface area (Å²) >= 11 is 0. The molecule has 1 aliphatic rings. The Morgan fingerprint density at radius 3 is 2.78 bits per heavy atom. The second-order valence-electron chi connectivity index (χ2n) is 5.85. The molecule has 0 atom stereocenters. The molecule has 1 amide bonds. The Bertz CT molecular complexity index is 378. The number of carbonyl (C=O) groups is 1. The predicted molar refractivity (Wildman–Crippen MR) is 70.8 cm³/mol. The van der Waals surface area contributed by atoms with Crippen molar-refractivity contribution >= 4 is 5.91 Å². The lowest BCUT2D eigenvalue weighted by molar-refractivity contribution is -0.132. The summed E-state index contributed by atoms with van der Waals surface area (Å²) in [6.07, 6.45) is 7.16.